The summed E-state index contributed by atoms with van der Waals surface area (Å²) in [6.45, 7) is 1.30. The van der Waals surface area contributed by atoms with E-state index in [4.69, 9.17) is 11.6 Å². The molecular weight excluding hydrogens is 405 g/mol. The highest BCUT2D eigenvalue weighted by Crippen LogP contribution is 2.29. The lowest BCUT2D eigenvalue weighted by Crippen LogP contribution is -2.42. The van der Waals surface area contributed by atoms with Gasteiger partial charge < -0.3 is 16.0 Å². The number of rotatable bonds is 7. The summed E-state index contributed by atoms with van der Waals surface area (Å²) in [5, 5.41) is 9.27. The fraction of sp³-hybridized carbons (Fsp3) is 0.300. The number of hydrogen-bond donors (Lipinski definition) is 3. The topological polar surface area (TPSA) is 65.5 Å². The van der Waals surface area contributed by atoms with Crippen molar-refractivity contribution in [3.05, 3.63) is 70.2 Å². The van der Waals surface area contributed by atoms with Crippen molar-refractivity contribution in [3.63, 3.8) is 0 Å². The van der Waals surface area contributed by atoms with Crippen LogP contribution in [0.2, 0.25) is 5.02 Å². The summed E-state index contributed by atoms with van der Waals surface area (Å²) in [6, 6.07) is 11.9. The van der Waals surface area contributed by atoms with Gasteiger partial charge >= 0.3 is 6.18 Å². The van der Waals surface area contributed by atoms with Crippen LogP contribution in [0.1, 0.15) is 21.5 Å². The van der Waals surface area contributed by atoms with Gasteiger partial charge in [0, 0.05) is 26.7 Å². The lowest BCUT2D eigenvalue weighted by molar-refractivity contribution is -0.137. The minimum Gasteiger partial charge on any atom is -0.356 e. The Morgan fingerprint density at radius 1 is 0.966 bits per heavy atom. The van der Waals surface area contributed by atoms with E-state index in [9.17, 15) is 18.0 Å². The number of alkyl halides is 3. The Kier molecular flexibility index (Phi) is 8.33. The molecule has 0 fully saturated rings. The first-order valence-corrected chi connectivity index (χ1v) is 9.32. The maximum atomic E-state index is 12.6. The van der Waals surface area contributed by atoms with Crippen molar-refractivity contribution >= 4 is 23.5 Å². The number of guanidine groups is 1. The van der Waals surface area contributed by atoms with E-state index in [2.05, 4.69) is 20.9 Å². The molecule has 0 spiro atoms. The largest absolute Gasteiger partial charge is 0.416 e. The van der Waals surface area contributed by atoms with E-state index in [-0.39, 0.29) is 5.91 Å². The molecule has 29 heavy (non-hydrogen) atoms. The van der Waals surface area contributed by atoms with Crippen LogP contribution in [0.15, 0.2) is 53.5 Å². The van der Waals surface area contributed by atoms with Crippen molar-refractivity contribution in [2.75, 3.05) is 26.7 Å². The molecule has 0 radical (unpaired) electrons. The van der Waals surface area contributed by atoms with Crippen molar-refractivity contribution in [2.45, 2.75) is 12.6 Å². The van der Waals surface area contributed by atoms with Crippen LogP contribution in [-0.4, -0.2) is 38.5 Å². The SMILES string of the molecule is CN=C(NCCNC(=O)c1ccccc1Cl)NCCc1ccc(C(F)(F)F)cc1. The van der Waals surface area contributed by atoms with E-state index in [0.717, 1.165) is 17.7 Å². The first kappa shape index (κ1) is 22.5. The van der Waals surface area contributed by atoms with Gasteiger partial charge in [-0.2, -0.15) is 13.2 Å². The standard InChI is InChI=1S/C20H22ClF3N4O/c1-25-19(27-11-10-14-6-8-15(9-7-14)20(22,23)24)28-13-12-26-18(29)16-4-2-3-5-17(16)21/h2-9H,10-13H2,1H3,(H,26,29)(H2,25,27,28). The third kappa shape index (κ3) is 7.30. The van der Waals surface area contributed by atoms with Crippen molar-refractivity contribution in [2.24, 2.45) is 4.99 Å². The fourth-order valence-electron chi connectivity index (χ4n) is 2.50. The summed E-state index contributed by atoms with van der Waals surface area (Å²) < 4.78 is 37.7. The zero-order valence-corrected chi connectivity index (χ0v) is 16.6. The molecule has 0 bridgehead atoms. The van der Waals surface area contributed by atoms with Crippen molar-refractivity contribution < 1.29 is 18.0 Å². The van der Waals surface area contributed by atoms with Crippen molar-refractivity contribution in [3.8, 4) is 0 Å². The van der Waals surface area contributed by atoms with Crippen molar-refractivity contribution in [1.29, 1.82) is 0 Å². The molecule has 0 aromatic heterocycles. The Morgan fingerprint density at radius 2 is 1.59 bits per heavy atom. The molecule has 0 unspecified atom stereocenters. The molecule has 2 rings (SSSR count). The van der Waals surface area contributed by atoms with Gasteiger partial charge in [0.2, 0.25) is 0 Å². The molecule has 2 aromatic rings. The van der Waals surface area contributed by atoms with Crippen LogP contribution < -0.4 is 16.0 Å². The first-order chi connectivity index (χ1) is 13.8. The molecule has 0 heterocycles. The highest BCUT2D eigenvalue weighted by molar-refractivity contribution is 6.33. The summed E-state index contributed by atoms with van der Waals surface area (Å²) in [4.78, 5) is 16.1. The van der Waals surface area contributed by atoms with Gasteiger partial charge in [0.05, 0.1) is 16.1 Å². The molecule has 0 saturated heterocycles. The number of hydrogen-bond acceptors (Lipinski definition) is 2. The van der Waals surface area contributed by atoms with E-state index >= 15 is 0 Å². The van der Waals surface area contributed by atoms with Gasteiger partial charge in [0.1, 0.15) is 0 Å². The molecule has 156 valence electrons. The van der Waals surface area contributed by atoms with Gasteiger partial charge in [-0.05, 0) is 36.2 Å². The van der Waals surface area contributed by atoms with Crippen LogP contribution in [0.4, 0.5) is 13.2 Å². The van der Waals surface area contributed by atoms with Crippen molar-refractivity contribution in [1.82, 2.24) is 16.0 Å². The molecule has 0 saturated carbocycles. The normalized spacial score (nSPS) is 11.8. The highest BCUT2D eigenvalue weighted by atomic mass is 35.5. The van der Waals surface area contributed by atoms with Crippen LogP contribution in [0.25, 0.3) is 0 Å². The summed E-state index contributed by atoms with van der Waals surface area (Å²) in [5.41, 5.74) is 0.534. The van der Waals surface area contributed by atoms with Gasteiger partial charge in [-0.1, -0.05) is 35.9 Å². The highest BCUT2D eigenvalue weighted by Gasteiger charge is 2.29. The van der Waals surface area contributed by atoms with Crippen LogP contribution in [0, 0.1) is 0 Å². The zero-order valence-electron chi connectivity index (χ0n) is 15.8. The predicted molar refractivity (Wildman–Crippen MR) is 108 cm³/mol. The number of carbonyl (C=O) groups excluding carboxylic acids is 1. The molecule has 9 heteroatoms. The maximum absolute atomic E-state index is 12.6. The van der Waals surface area contributed by atoms with Crippen LogP contribution >= 0.6 is 11.6 Å². The number of benzene rings is 2. The van der Waals surface area contributed by atoms with E-state index in [1.807, 2.05) is 0 Å². The molecule has 5 nitrogen and oxygen atoms in total. The second-order valence-corrected chi connectivity index (χ2v) is 6.51. The number of nitrogens with one attached hydrogen (secondary N) is 3. The van der Waals surface area contributed by atoms with Crippen LogP contribution in [0.5, 0.6) is 0 Å². The number of carbonyl (C=O) groups is 1. The molecule has 3 N–H and O–H groups in total. The Balaban J connectivity index is 1.69. The smallest absolute Gasteiger partial charge is 0.356 e. The summed E-state index contributed by atoms with van der Waals surface area (Å²) >= 11 is 5.98. The minimum atomic E-state index is -4.33. The predicted octanol–water partition coefficient (Wildman–Crippen LogP) is 3.50. The minimum absolute atomic E-state index is 0.261. The van der Waals surface area contributed by atoms with Gasteiger partial charge in [0.15, 0.2) is 5.96 Å². The van der Waals surface area contributed by atoms with E-state index in [0.29, 0.717) is 42.6 Å². The number of amides is 1. The Hall–Kier alpha value is -2.74. The molecule has 1 amide bonds. The summed E-state index contributed by atoms with van der Waals surface area (Å²) in [5.74, 6) is 0.270. The molecule has 0 aliphatic rings. The quantitative estimate of drug-likeness (QED) is 0.361. The molecular formula is C20H22ClF3N4O. The Labute approximate surface area is 172 Å². The van der Waals surface area contributed by atoms with Gasteiger partial charge in [-0.3, -0.25) is 9.79 Å². The second-order valence-electron chi connectivity index (χ2n) is 6.11. The third-order valence-electron chi connectivity index (χ3n) is 4.03. The molecule has 2 aromatic carbocycles. The summed E-state index contributed by atoms with van der Waals surface area (Å²) in [6.07, 6.45) is -3.79. The third-order valence-corrected chi connectivity index (χ3v) is 4.36. The zero-order chi connectivity index (χ0) is 21.3. The number of aliphatic imine (C=N–C) groups is 1. The number of halogens is 4. The van der Waals surface area contributed by atoms with Gasteiger partial charge in [0.25, 0.3) is 5.91 Å². The van der Waals surface area contributed by atoms with E-state index in [1.54, 1.807) is 31.3 Å². The van der Waals surface area contributed by atoms with Crippen LogP contribution in [0.3, 0.4) is 0 Å². The average molecular weight is 427 g/mol. The fourth-order valence-corrected chi connectivity index (χ4v) is 2.73. The average Bonchev–Trinajstić information content (AvgIpc) is 2.69. The monoisotopic (exact) mass is 426 g/mol. The van der Waals surface area contributed by atoms with E-state index in [1.165, 1.54) is 12.1 Å². The molecule has 0 atom stereocenters. The molecule has 0 aliphatic heterocycles. The van der Waals surface area contributed by atoms with Gasteiger partial charge in [-0.15, -0.1) is 0 Å². The Bertz CT molecular complexity index is 838. The second kappa shape index (κ2) is 10.7. The molecule has 0 aliphatic carbocycles. The lowest BCUT2D eigenvalue weighted by atomic mass is 10.1. The Morgan fingerprint density at radius 3 is 2.21 bits per heavy atom. The van der Waals surface area contributed by atoms with Gasteiger partial charge in [-0.25, -0.2) is 0 Å². The van der Waals surface area contributed by atoms with E-state index < -0.39 is 11.7 Å². The maximum Gasteiger partial charge on any atom is 0.416 e. The lowest BCUT2D eigenvalue weighted by Gasteiger charge is -2.13. The summed E-state index contributed by atoms with van der Waals surface area (Å²) in [7, 11) is 1.61. The first-order valence-electron chi connectivity index (χ1n) is 8.94. The number of nitrogens with zero attached hydrogens (tertiary/aromatic N) is 1. The van der Waals surface area contributed by atoms with Crippen LogP contribution in [-0.2, 0) is 12.6 Å².